The molecule has 1 atom stereocenters. The van der Waals surface area contributed by atoms with Crippen LogP contribution in [-0.4, -0.2) is 46.3 Å². The highest BCUT2D eigenvalue weighted by molar-refractivity contribution is 5.91. The Morgan fingerprint density at radius 1 is 1.46 bits per heavy atom. The predicted molar refractivity (Wildman–Crippen MR) is 97.0 cm³/mol. The van der Waals surface area contributed by atoms with Crippen LogP contribution in [0, 0.1) is 0 Å². The Labute approximate surface area is 150 Å². The Kier molecular flexibility index (Phi) is 5.34. The summed E-state index contributed by atoms with van der Waals surface area (Å²) in [5, 5.41) is -0.536. The van der Waals surface area contributed by atoms with Crippen molar-refractivity contribution >= 4 is 24.8 Å². The third-order valence-corrected chi connectivity index (χ3v) is 4.26. The Balaban J connectivity index is 0.00000364. The minimum absolute atomic E-state index is 0. The van der Waals surface area contributed by atoms with E-state index in [1.165, 1.54) is 4.90 Å². The first-order chi connectivity index (χ1) is 12.1. The second kappa shape index (κ2) is 7.15. The third-order valence-electron chi connectivity index (χ3n) is 4.26. The van der Waals surface area contributed by atoms with Gasteiger partial charge in [-0.3, -0.25) is 9.79 Å². The molecule has 1 aromatic rings. The summed E-state index contributed by atoms with van der Waals surface area (Å²) in [5.41, 5.74) is 0.443. The fourth-order valence-electron chi connectivity index (χ4n) is 2.93. The Bertz CT molecular complexity index is 914. The highest BCUT2D eigenvalue weighted by Gasteiger charge is 2.34. The van der Waals surface area contributed by atoms with Crippen LogP contribution in [0.15, 0.2) is 41.6 Å². The van der Waals surface area contributed by atoms with Gasteiger partial charge in [-0.1, -0.05) is 31.9 Å². The SMILES string of the molecule is C=CC1=C(N=C)CCN(C(=O)c2n/c(=C(/C=C)C(F)(F)F)c(=C)[nH]2)[C@@H]1C.[HH]. The Morgan fingerprint density at radius 2 is 2.12 bits per heavy atom. The zero-order valence-corrected chi connectivity index (χ0v) is 14.4. The van der Waals surface area contributed by atoms with Crippen LogP contribution >= 0.6 is 0 Å². The number of hydrogen-bond donors (Lipinski definition) is 1. The van der Waals surface area contributed by atoms with Gasteiger partial charge in [0, 0.05) is 20.1 Å². The third kappa shape index (κ3) is 3.40. The number of aliphatic imine (C=N–C) groups is 1. The molecule has 0 saturated carbocycles. The van der Waals surface area contributed by atoms with Crippen molar-refractivity contribution in [2.45, 2.75) is 25.6 Å². The van der Waals surface area contributed by atoms with Crippen LogP contribution in [0.1, 0.15) is 25.4 Å². The number of halogens is 3. The van der Waals surface area contributed by atoms with E-state index in [0.29, 0.717) is 19.0 Å². The molecular formula is C18H21F3N4O. The van der Waals surface area contributed by atoms with Gasteiger partial charge in [0.25, 0.3) is 5.91 Å². The lowest BCUT2D eigenvalue weighted by atomic mass is 9.98. The van der Waals surface area contributed by atoms with Crippen LogP contribution in [0.2, 0.25) is 0 Å². The number of rotatable bonds is 4. The summed E-state index contributed by atoms with van der Waals surface area (Å²) in [5.74, 6) is -0.736. The van der Waals surface area contributed by atoms with Crippen LogP contribution in [0.4, 0.5) is 13.2 Å². The molecule has 8 heteroatoms. The standard InChI is InChI=1S/C18H19F3N4O.H2/c1-6-12-11(4)25(9-8-14(12)22-5)17(26)16-23-10(3)15(24-16)13(7-2)18(19,20)21;/h6-7,11H,1-3,5,8-9H2,4H3,(H,23,24);1H/b15-13-;/t11-;/m1./s1. The summed E-state index contributed by atoms with van der Waals surface area (Å²) in [6, 6.07) is -0.360. The number of allylic oxidation sites excluding steroid dienone is 1. The van der Waals surface area contributed by atoms with Crippen molar-refractivity contribution < 1.29 is 19.4 Å². The molecule has 1 aliphatic rings. The normalized spacial score (nSPS) is 19.2. The van der Waals surface area contributed by atoms with Crippen LogP contribution in [0.5, 0.6) is 0 Å². The first-order valence-corrected chi connectivity index (χ1v) is 7.77. The van der Waals surface area contributed by atoms with Crippen molar-refractivity contribution in [3.63, 3.8) is 0 Å². The molecule has 1 aliphatic heterocycles. The van der Waals surface area contributed by atoms with Crippen LogP contribution in [0.3, 0.4) is 0 Å². The maximum atomic E-state index is 13.1. The molecule has 26 heavy (non-hydrogen) atoms. The minimum Gasteiger partial charge on any atom is -0.334 e. The highest BCUT2D eigenvalue weighted by atomic mass is 19.4. The summed E-state index contributed by atoms with van der Waals surface area (Å²) in [6.45, 7) is 16.0. The van der Waals surface area contributed by atoms with E-state index < -0.39 is 23.0 Å². The van der Waals surface area contributed by atoms with E-state index in [4.69, 9.17) is 0 Å². The second-order valence-corrected chi connectivity index (χ2v) is 5.72. The topological polar surface area (TPSA) is 61.4 Å². The lowest BCUT2D eigenvalue weighted by Gasteiger charge is -2.34. The van der Waals surface area contributed by atoms with Gasteiger partial charge in [-0.2, -0.15) is 13.2 Å². The fraction of sp³-hybridized carbons (Fsp3) is 0.278. The number of carbonyl (C=O) groups is 1. The number of carbonyl (C=O) groups excluding carboxylic acids is 1. The number of alkyl halides is 3. The number of H-pyrrole nitrogens is 1. The molecule has 1 amide bonds. The molecule has 0 fully saturated rings. The van der Waals surface area contributed by atoms with E-state index in [-0.39, 0.29) is 18.6 Å². The molecule has 140 valence electrons. The van der Waals surface area contributed by atoms with Crippen molar-refractivity contribution in [1.82, 2.24) is 14.9 Å². The molecule has 1 N–H and O–H groups in total. The van der Waals surface area contributed by atoms with Crippen molar-refractivity contribution in [1.29, 1.82) is 0 Å². The van der Waals surface area contributed by atoms with Crippen molar-refractivity contribution in [3.05, 3.63) is 53.1 Å². The van der Waals surface area contributed by atoms with Gasteiger partial charge in [0.1, 0.15) is 5.35 Å². The van der Waals surface area contributed by atoms with E-state index in [2.05, 4.69) is 41.4 Å². The van der Waals surface area contributed by atoms with Crippen molar-refractivity contribution in [2.75, 3.05) is 6.54 Å². The molecule has 5 nitrogen and oxygen atoms in total. The van der Waals surface area contributed by atoms with Crippen LogP contribution in [0.25, 0.3) is 12.2 Å². The van der Waals surface area contributed by atoms with Crippen LogP contribution < -0.4 is 10.7 Å². The number of imidazole rings is 1. The average Bonchev–Trinajstić information content (AvgIpc) is 2.94. The Morgan fingerprint density at radius 3 is 2.62 bits per heavy atom. The van der Waals surface area contributed by atoms with Gasteiger partial charge in [0.15, 0.2) is 5.82 Å². The number of hydrogen-bond acceptors (Lipinski definition) is 3. The van der Waals surface area contributed by atoms with Crippen molar-refractivity contribution in [2.24, 2.45) is 4.99 Å². The summed E-state index contributed by atoms with van der Waals surface area (Å²) in [7, 11) is 0. The highest BCUT2D eigenvalue weighted by Crippen LogP contribution is 2.27. The van der Waals surface area contributed by atoms with Gasteiger partial charge in [0.2, 0.25) is 0 Å². The molecule has 0 spiro atoms. The number of nitrogens with one attached hydrogen (secondary N) is 1. The van der Waals surface area contributed by atoms with E-state index in [9.17, 15) is 18.0 Å². The van der Waals surface area contributed by atoms with E-state index >= 15 is 0 Å². The largest absolute Gasteiger partial charge is 0.418 e. The molecular weight excluding hydrogens is 345 g/mol. The molecule has 0 bridgehead atoms. The van der Waals surface area contributed by atoms with Gasteiger partial charge in [-0.05, 0) is 19.2 Å². The van der Waals surface area contributed by atoms with Gasteiger partial charge in [-0.15, -0.1) is 0 Å². The maximum absolute atomic E-state index is 13.1. The molecule has 1 aromatic heterocycles. The van der Waals surface area contributed by atoms with E-state index in [0.717, 1.165) is 11.3 Å². The summed E-state index contributed by atoms with van der Waals surface area (Å²) < 4.78 is 39.2. The molecule has 2 heterocycles. The first kappa shape index (κ1) is 19.4. The lowest BCUT2D eigenvalue weighted by Crippen LogP contribution is -2.43. The maximum Gasteiger partial charge on any atom is 0.418 e. The number of aromatic nitrogens is 2. The van der Waals surface area contributed by atoms with Gasteiger partial charge >= 0.3 is 6.18 Å². The molecule has 0 aliphatic carbocycles. The fourth-order valence-corrected chi connectivity index (χ4v) is 2.93. The number of amides is 1. The zero-order valence-electron chi connectivity index (χ0n) is 14.4. The monoisotopic (exact) mass is 366 g/mol. The molecule has 0 aromatic carbocycles. The van der Waals surface area contributed by atoms with E-state index in [1.807, 2.05) is 0 Å². The van der Waals surface area contributed by atoms with Crippen LogP contribution in [-0.2, 0) is 0 Å². The van der Waals surface area contributed by atoms with Crippen molar-refractivity contribution in [3.8, 4) is 0 Å². The second-order valence-electron chi connectivity index (χ2n) is 5.72. The Hall–Kier alpha value is -2.90. The average molecular weight is 366 g/mol. The number of aromatic amines is 1. The predicted octanol–water partition coefficient (Wildman–Crippen LogP) is 2.34. The van der Waals surface area contributed by atoms with E-state index in [1.54, 1.807) is 13.0 Å². The summed E-state index contributed by atoms with van der Waals surface area (Å²) >= 11 is 0. The first-order valence-electron chi connectivity index (χ1n) is 7.77. The summed E-state index contributed by atoms with van der Waals surface area (Å²) in [4.78, 5) is 24.6. The molecule has 2 rings (SSSR count). The van der Waals surface area contributed by atoms with Gasteiger partial charge < -0.3 is 9.88 Å². The quantitative estimate of drug-likeness (QED) is 0.832. The molecule has 0 saturated heterocycles. The summed E-state index contributed by atoms with van der Waals surface area (Å²) in [6.07, 6.45) is -1.92. The zero-order chi connectivity index (χ0) is 19.6. The molecule has 0 radical (unpaired) electrons. The minimum atomic E-state index is -4.65. The van der Waals surface area contributed by atoms with Gasteiger partial charge in [0.05, 0.1) is 17.0 Å². The lowest BCUT2D eigenvalue weighted by molar-refractivity contribution is -0.0691. The molecule has 0 unspecified atom stereocenters. The van der Waals surface area contributed by atoms with Gasteiger partial charge in [-0.25, -0.2) is 4.98 Å². The smallest absolute Gasteiger partial charge is 0.334 e. The number of nitrogens with zero attached hydrogens (tertiary/aromatic N) is 3.